The molecule has 24 heavy (non-hydrogen) atoms. The van der Waals surface area contributed by atoms with E-state index in [0.717, 1.165) is 37.3 Å². The number of carbonyl (C=O) groups is 1. The minimum atomic E-state index is 0. The van der Waals surface area contributed by atoms with Gasteiger partial charge in [-0.1, -0.05) is 6.07 Å². The van der Waals surface area contributed by atoms with Crippen LogP contribution >= 0.6 is 24.8 Å². The minimum absolute atomic E-state index is 0. The Bertz CT molecular complexity index is 593. The quantitative estimate of drug-likeness (QED) is 0.819. The fourth-order valence-corrected chi connectivity index (χ4v) is 3.03. The van der Waals surface area contributed by atoms with Crippen molar-refractivity contribution in [2.75, 3.05) is 19.6 Å². The summed E-state index contributed by atoms with van der Waals surface area (Å²) in [6.45, 7) is 2.86. The van der Waals surface area contributed by atoms with Gasteiger partial charge in [-0.3, -0.25) is 4.79 Å². The Balaban J connectivity index is 0.00000144. The average Bonchev–Trinajstić information content (AvgIpc) is 2.96. The lowest BCUT2D eigenvalue weighted by molar-refractivity contribution is -0.121. The Kier molecular flexibility index (Phi) is 9.11. The molecule has 1 saturated heterocycles. The van der Waals surface area contributed by atoms with E-state index in [0.29, 0.717) is 18.9 Å². The lowest BCUT2D eigenvalue weighted by Crippen LogP contribution is -2.30. The Morgan fingerprint density at radius 3 is 2.83 bits per heavy atom. The summed E-state index contributed by atoms with van der Waals surface area (Å²) in [6, 6.07) is 5.96. The topological polar surface area (TPSA) is 58.4 Å². The second kappa shape index (κ2) is 10.5. The maximum atomic E-state index is 11.9. The molecule has 134 valence electrons. The molecule has 2 N–H and O–H groups in total. The summed E-state index contributed by atoms with van der Waals surface area (Å²) in [6.07, 6.45) is 8.86. The van der Waals surface area contributed by atoms with Crippen LogP contribution in [0.4, 0.5) is 0 Å². The number of aromatic nitrogens is 2. The molecule has 0 aliphatic carbocycles. The monoisotopic (exact) mass is 372 g/mol. The highest BCUT2D eigenvalue weighted by molar-refractivity contribution is 5.85. The SMILES string of the molecule is Cl.Cl.O=C(CCC1CCNCC1)NCCc1cn2ccccc2n1. The van der Waals surface area contributed by atoms with Crippen LogP contribution in [0.25, 0.3) is 5.65 Å². The third-order valence-corrected chi connectivity index (χ3v) is 4.36. The first-order chi connectivity index (χ1) is 10.8. The van der Waals surface area contributed by atoms with Crippen molar-refractivity contribution in [2.24, 2.45) is 5.92 Å². The summed E-state index contributed by atoms with van der Waals surface area (Å²) < 4.78 is 2.01. The van der Waals surface area contributed by atoms with Crippen LogP contribution in [0.15, 0.2) is 30.6 Å². The highest BCUT2D eigenvalue weighted by atomic mass is 35.5. The van der Waals surface area contributed by atoms with E-state index in [1.807, 2.05) is 35.0 Å². The highest BCUT2D eigenvalue weighted by Gasteiger charge is 2.14. The molecule has 5 nitrogen and oxygen atoms in total. The molecule has 1 aliphatic heterocycles. The Morgan fingerprint density at radius 1 is 1.29 bits per heavy atom. The van der Waals surface area contributed by atoms with E-state index in [-0.39, 0.29) is 30.7 Å². The molecule has 0 bridgehead atoms. The smallest absolute Gasteiger partial charge is 0.220 e. The fraction of sp³-hybridized carbons (Fsp3) is 0.529. The van der Waals surface area contributed by atoms with E-state index in [1.54, 1.807) is 0 Å². The molecule has 0 spiro atoms. The second-order valence-corrected chi connectivity index (χ2v) is 6.03. The molecule has 1 fully saturated rings. The summed E-state index contributed by atoms with van der Waals surface area (Å²) in [5.41, 5.74) is 1.97. The summed E-state index contributed by atoms with van der Waals surface area (Å²) in [7, 11) is 0. The van der Waals surface area contributed by atoms with E-state index in [2.05, 4.69) is 15.6 Å². The van der Waals surface area contributed by atoms with Crippen LogP contribution in [-0.2, 0) is 11.2 Å². The van der Waals surface area contributed by atoms with Crippen molar-refractivity contribution in [3.63, 3.8) is 0 Å². The van der Waals surface area contributed by atoms with Gasteiger partial charge in [0, 0.05) is 31.8 Å². The summed E-state index contributed by atoms with van der Waals surface area (Å²) in [5, 5.41) is 6.37. The molecule has 0 radical (unpaired) electrons. The summed E-state index contributed by atoms with van der Waals surface area (Å²) >= 11 is 0. The molecule has 1 aliphatic rings. The van der Waals surface area contributed by atoms with Crippen LogP contribution in [0.3, 0.4) is 0 Å². The van der Waals surface area contributed by atoms with Crippen LogP contribution in [0.5, 0.6) is 0 Å². The van der Waals surface area contributed by atoms with Crippen molar-refractivity contribution < 1.29 is 4.79 Å². The van der Waals surface area contributed by atoms with Crippen molar-refractivity contribution in [1.82, 2.24) is 20.0 Å². The van der Waals surface area contributed by atoms with Crippen LogP contribution in [0.1, 0.15) is 31.4 Å². The number of piperidine rings is 1. The van der Waals surface area contributed by atoms with Gasteiger partial charge in [0.05, 0.1) is 5.69 Å². The lowest BCUT2D eigenvalue weighted by atomic mass is 9.93. The molecular formula is C17H26Cl2N4O. The standard InChI is InChI=1S/C17H24N4O.2ClH/c22-17(5-4-14-6-9-18-10-7-14)19-11-8-15-13-21-12-2-1-3-16(21)20-15;;/h1-3,12-14,18H,4-11H2,(H,19,22);2*1H. The van der Waals surface area contributed by atoms with Crippen molar-refractivity contribution in [1.29, 1.82) is 0 Å². The number of amides is 1. The first-order valence-electron chi connectivity index (χ1n) is 8.21. The predicted octanol–water partition coefficient (Wildman–Crippen LogP) is 2.62. The van der Waals surface area contributed by atoms with Gasteiger partial charge in [0.15, 0.2) is 0 Å². The number of carbonyl (C=O) groups excluding carboxylic acids is 1. The molecule has 0 aromatic carbocycles. The molecule has 0 atom stereocenters. The normalized spacial score (nSPS) is 14.7. The van der Waals surface area contributed by atoms with E-state index >= 15 is 0 Å². The van der Waals surface area contributed by atoms with E-state index < -0.39 is 0 Å². The molecule has 7 heteroatoms. The van der Waals surface area contributed by atoms with Crippen molar-refractivity contribution in [3.8, 4) is 0 Å². The Morgan fingerprint density at radius 2 is 2.08 bits per heavy atom. The number of nitrogens with one attached hydrogen (secondary N) is 2. The Labute approximate surface area is 155 Å². The van der Waals surface area contributed by atoms with E-state index in [9.17, 15) is 4.79 Å². The van der Waals surface area contributed by atoms with Gasteiger partial charge >= 0.3 is 0 Å². The number of hydrogen-bond acceptors (Lipinski definition) is 3. The van der Waals surface area contributed by atoms with Gasteiger partial charge in [0.2, 0.25) is 5.91 Å². The van der Waals surface area contributed by atoms with Crippen LogP contribution in [0, 0.1) is 5.92 Å². The molecule has 0 unspecified atom stereocenters. The minimum Gasteiger partial charge on any atom is -0.356 e. The maximum Gasteiger partial charge on any atom is 0.220 e. The number of imidazole rings is 1. The number of fused-ring (bicyclic) bond motifs is 1. The number of pyridine rings is 1. The third kappa shape index (κ3) is 5.96. The van der Waals surface area contributed by atoms with Gasteiger partial charge in [0.1, 0.15) is 5.65 Å². The first kappa shape index (κ1) is 20.7. The van der Waals surface area contributed by atoms with Crippen LogP contribution in [-0.4, -0.2) is 34.9 Å². The molecular weight excluding hydrogens is 347 g/mol. The van der Waals surface area contributed by atoms with Crippen molar-refractivity contribution in [3.05, 3.63) is 36.3 Å². The average molecular weight is 373 g/mol. The first-order valence-corrected chi connectivity index (χ1v) is 8.21. The largest absolute Gasteiger partial charge is 0.356 e. The summed E-state index contributed by atoms with van der Waals surface area (Å²) in [4.78, 5) is 16.4. The van der Waals surface area contributed by atoms with Gasteiger partial charge in [-0.2, -0.15) is 0 Å². The lowest BCUT2D eigenvalue weighted by Gasteiger charge is -2.22. The van der Waals surface area contributed by atoms with Crippen LogP contribution in [0.2, 0.25) is 0 Å². The Hall–Kier alpha value is -1.30. The zero-order chi connectivity index (χ0) is 15.2. The maximum absolute atomic E-state index is 11.9. The molecule has 2 aromatic heterocycles. The molecule has 3 heterocycles. The van der Waals surface area contributed by atoms with Crippen molar-refractivity contribution >= 4 is 36.4 Å². The number of hydrogen-bond donors (Lipinski definition) is 2. The number of halogens is 2. The predicted molar refractivity (Wildman–Crippen MR) is 101 cm³/mol. The third-order valence-electron chi connectivity index (χ3n) is 4.36. The molecule has 3 rings (SSSR count). The number of nitrogens with zero attached hydrogens (tertiary/aromatic N) is 2. The fourth-order valence-electron chi connectivity index (χ4n) is 3.03. The van der Waals surface area contributed by atoms with Gasteiger partial charge in [0.25, 0.3) is 0 Å². The summed E-state index contributed by atoms with van der Waals surface area (Å²) in [5.74, 6) is 0.882. The van der Waals surface area contributed by atoms with Crippen LogP contribution < -0.4 is 10.6 Å². The highest BCUT2D eigenvalue weighted by Crippen LogP contribution is 2.17. The molecule has 1 amide bonds. The van der Waals surface area contributed by atoms with E-state index in [1.165, 1.54) is 12.8 Å². The molecule has 2 aromatic rings. The van der Waals surface area contributed by atoms with Gasteiger partial charge in [-0.05, 0) is 50.4 Å². The number of rotatable bonds is 6. The van der Waals surface area contributed by atoms with Gasteiger partial charge in [-0.15, -0.1) is 24.8 Å². The zero-order valence-electron chi connectivity index (χ0n) is 13.7. The van der Waals surface area contributed by atoms with E-state index in [4.69, 9.17) is 0 Å². The van der Waals surface area contributed by atoms with Crippen molar-refractivity contribution in [2.45, 2.75) is 32.1 Å². The van der Waals surface area contributed by atoms with Gasteiger partial charge < -0.3 is 15.0 Å². The van der Waals surface area contributed by atoms with Gasteiger partial charge in [-0.25, -0.2) is 4.98 Å². The second-order valence-electron chi connectivity index (χ2n) is 6.03. The molecule has 0 saturated carbocycles. The zero-order valence-corrected chi connectivity index (χ0v) is 15.4.